The molecule has 0 bridgehead atoms. The standard InChI is InChI=1S/C19H18BrF2NO2/c20-17-8-4-7-14(18(17)22)11-16-12-15(21)9-10-23(16)25-19(24)13-5-2-1-3-6-13/h1-8,15-16H,9-12H2. The number of nitrogens with zero attached hydrogens (tertiary/aromatic N) is 1. The number of hydroxylamine groups is 2. The number of carbonyl (C=O) groups is 1. The summed E-state index contributed by atoms with van der Waals surface area (Å²) in [6.45, 7) is 0.292. The number of halogens is 3. The van der Waals surface area contributed by atoms with Crippen LogP contribution in [0, 0.1) is 5.82 Å². The Hall–Kier alpha value is -1.79. The summed E-state index contributed by atoms with van der Waals surface area (Å²) < 4.78 is 28.5. The van der Waals surface area contributed by atoms with E-state index in [9.17, 15) is 13.6 Å². The third-order valence-electron chi connectivity index (χ3n) is 4.29. The first-order chi connectivity index (χ1) is 12.0. The number of benzene rings is 2. The highest BCUT2D eigenvalue weighted by molar-refractivity contribution is 9.10. The number of alkyl halides is 1. The maximum absolute atomic E-state index is 14.2. The van der Waals surface area contributed by atoms with Crippen molar-refractivity contribution in [2.24, 2.45) is 0 Å². The van der Waals surface area contributed by atoms with Gasteiger partial charge in [-0.1, -0.05) is 30.3 Å². The van der Waals surface area contributed by atoms with E-state index in [1.54, 1.807) is 42.5 Å². The summed E-state index contributed by atoms with van der Waals surface area (Å²) in [7, 11) is 0. The highest BCUT2D eigenvalue weighted by Gasteiger charge is 2.32. The lowest BCUT2D eigenvalue weighted by atomic mass is 9.96. The molecule has 1 aliphatic rings. The van der Waals surface area contributed by atoms with Gasteiger partial charge in [0.05, 0.1) is 16.1 Å². The highest BCUT2D eigenvalue weighted by Crippen LogP contribution is 2.27. The van der Waals surface area contributed by atoms with Crippen molar-refractivity contribution in [3.63, 3.8) is 0 Å². The van der Waals surface area contributed by atoms with Gasteiger partial charge in [0.1, 0.15) is 12.0 Å². The second-order valence-corrected chi connectivity index (χ2v) is 6.93. The molecule has 1 aliphatic heterocycles. The van der Waals surface area contributed by atoms with E-state index >= 15 is 0 Å². The molecule has 2 aromatic carbocycles. The molecule has 2 aromatic rings. The largest absolute Gasteiger partial charge is 0.364 e. The molecule has 1 heterocycles. The molecule has 132 valence electrons. The van der Waals surface area contributed by atoms with Crippen molar-refractivity contribution in [3.05, 3.63) is 69.9 Å². The summed E-state index contributed by atoms with van der Waals surface area (Å²) in [6, 6.07) is 13.2. The van der Waals surface area contributed by atoms with E-state index in [0.717, 1.165) is 0 Å². The Balaban J connectivity index is 1.75. The summed E-state index contributed by atoms with van der Waals surface area (Å²) in [6.07, 6.45) is -0.215. The van der Waals surface area contributed by atoms with Gasteiger partial charge in [-0.25, -0.2) is 13.6 Å². The fourth-order valence-corrected chi connectivity index (χ4v) is 3.39. The van der Waals surface area contributed by atoms with E-state index in [4.69, 9.17) is 4.84 Å². The summed E-state index contributed by atoms with van der Waals surface area (Å²) in [5.41, 5.74) is 0.895. The molecule has 0 N–H and O–H groups in total. The second-order valence-electron chi connectivity index (χ2n) is 6.08. The first-order valence-corrected chi connectivity index (χ1v) is 8.95. The Labute approximate surface area is 153 Å². The van der Waals surface area contributed by atoms with Crippen LogP contribution < -0.4 is 0 Å². The van der Waals surface area contributed by atoms with Gasteiger partial charge >= 0.3 is 5.97 Å². The molecular formula is C19H18BrF2NO2. The van der Waals surface area contributed by atoms with Crippen LogP contribution >= 0.6 is 15.9 Å². The van der Waals surface area contributed by atoms with E-state index < -0.39 is 18.2 Å². The first kappa shape index (κ1) is 18.0. The number of rotatable bonds is 4. The van der Waals surface area contributed by atoms with Crippen molar-refractivity contribution in [3.8, 4) is 0 Å². The number of piperidine rings is 1. The molecule has 0 spiro atoms. The van der Waals surface area contributed by atoms with Crippen LogP contribution in [0.2, 0.25) is 0 Å². The molecular weight excluding hydrogens is 392 g/mol. The van der Waals surface area contributed by atoms with E-state index in [-0.39, 0.29) is 18.7 Å². The zero-order chi connectivity index (χ0) is 17.8. The van der Waals surface area contributed by atoms with Crippen LogP contribution in [0.15, 0.2) is 53.0 Å². The van der Waals surface area contributed by atoms with E-state index in [0.29, 0.717) is 28.6 Å². The van der Waals surface area contributed by atoms with Crippen molar-refractivity contribution in [2.75, 3.05) is 6.54 Å². The minimum atomic E-state index is -0.980. The lowest BCUT2D eigenvalue weighted by Gasteiger charge is -2.35. The lowest BCUT2D eigenvalue weighted by Crippen LogP contribution is -2.45. The molecule has 2 unspecified atom stereocenters. The SMILES string of the molecule is O=C(ON1CCC(F)CC1Cc1cccc(Br)c1F)c1ccccc1. The predicted octanol–water partition coefficient (Wildman–Crippen LogP) is 4.71. The van der Waals surface area contributed by atoms with Crippen molar-refractivity contribution >= 4 is 21.9 Å². The quantitative estimate of drug-likeness (QED) is 0.732. The molecule has 0 amide bonds. The van der Waals surface area contributed by atoms with Gasteiger partial charge in [-0.3, -0.25) is 0 Å². The second kappa shape index (κ2) is 8.06. The third-order valence-corrected chi connectivity index (χ3v) is 4.91. The Morgan fingerprint density at radius 1 is 1.20 bits per heavy atom. The van der Waals surface area contributed by atoms with Crippen LogP contribution in [0.1, 0.15) is 28.8 Å². The zero-order valence-corrected chi connectivity index (χ0v) is 15.1. The first-order valence-electron chi connectivity index (χ1n) is 8.15. The third kappa shape index (κ3) is 4.44. The normalized spacial score (nSPS) is 21.1. The molecule has 3 rings (SSSR count). The molecule has 6 heteroatoms. The van der Waals surface area contributed by atoms with Crippen LogP contribution in [0.25, 0.3) is 0 Å². The van der Waals surface area contributed by atoms with Gasteiger partial charge in [0.15, 0.2) is 0 Å². The Morgan fingerprint density at radius 3 is 2.72 bits per heavy atom. The topological polar surface area (TPSA) is 29.5 Å². The Kier molecular flexibility index (Phi) is 5.81. The monoisotopic (exact) mass is 409 g/mol. The molecule has 1 fully saturated rings. The summed E-state index contributed by atoms with van der Waals surface area (Å²) >= 11 is 3.16. The van der Waals surface area contributed by atoms with Gasteiger partial charge in [0.2, 0.25) is 0 Å². The lowest BCUT2D eigenvalue weighted by molar-refractivity contribution is -0.159. The Bertz CT molecular complexity index is 741. The number of carbonyl (C=O) groups excluding carboxylic acids is 1. The van der Waals surface area contributed by atoms with Crippen LogP contribution in [0.4, 0.5) is 8.78 Å². The van der Waals surface area contributed by atoms with E-state index in [1.165, 1.54) is 5.06 Å². The van der Waals surface area contributed by atoms with Gasteiger partial charge in [-0.2, -0.15) is 0 Å². The van der Waals surface area contributed by atoms with Gasteiger partial charge < -0.3 is 4.84 Å². The molecule has 2 atom stereocenters. The van der Waals surface area contributed by atoms with Crippen molar-refractivity contribution in [2.45, 2.75) is 31.5 Å². The summed E-state index contributed by atoms with van der Waals surface area (Å²) in [5, 5.41) is 1.49. The van der Waals surface area contributed by atoms with Crippen LogP contribution in [-0.4, -0.2) is 29.8 Å². The van der Waals surface area contributed by atoms with Gasteiger partial charge in [-0.15, -0.1) is 5.06 Å². The number of hydrogen-bond acceptors (Lipinski definition) is 3. The fraction of sp³-hybridized carbons (Fsp3) is 0.316. The van der Waals surface area contributed by atoms with E-state index in [1.807, 2.05) is 6.07 Å². The van der Waals surface area contributed by atoms with Crippen molar-refractivity contribution in [1.82, 2.24) is 5.06 Å². The Morgan fingerprint density at radius 2 is 1.96 bits per heavy atom. The molecule has 25 heavy (non-hydrogen) atoms. The maximum Gasteiger partial charge on any atom is 0.357 e. The van der Waals surface area contributed by atoms with Crippen molar-refractivity contribution in [1.29, 1.82) is 0 Å². The van der Waals surface area contributed by atoms with Crippen LogP contribution in [-0.2, 0) is 11.3 Å². The minimum Gasteiger partial charge on any atom is -0.364 e. The highest BCUT2D eigenvalue weighted by atomic mass is 79.9. The zero-order valence-electron chi connectivity index (χ0n) is 13.5. The number of hydrogen-bond donors (Lipinski definition) is 0. The minimum absolute atomic E-state index is 0.202. The molecule has 3 nitrogen and oxygen atoms in total. The molecule has 0 radical (unpaired) electrons. The average Bonchev–Trinajstić information content (AvgIpc) is 2.62. The molecule has 1 saturated heterocycles. The van der Waals surface area contributed by atoms with Crippen molar-refractivity contribution < 1.29 is 18.4 Å². The summed E-state index contributed by atoms with van der Waals surface area (Å²) in [4.78, 5) is 17.7. The maximum atomic E-state index is 14.2. The molecule has 0 saturated carbocycles. The van der Waals surface area contributed by atoms with Crippen LogP contribution in [0.3, 0.4) is 0 Å². The average molecular weight is 410 g/mol. The van der Waals surface area contributed by atoms with Gasteiger partial charge in [-0.05, 0) is 59.0 Å². The molecule has 0 aromatic heterocycles. The molecule has 0 aliphatic carbocycles. The van der Waals surface area contributed by atoms with Gasteiger partial charge in [0.25, 0.3) is 0 Å². The van der Waals surface area contributed by atoms with E-state index in [2.05, 4.69) is 15.9 Å². The summed E-state index contributed by atoms with van der Waals surface area (Å²) in [5.74, 6) is -0.851. The smallest absolute Gasteiger partial charge is 0.357 e. The predicted molar refractivity (Wildman–Crippen MR) is 94.3 cm³/mol. The fourth-order valence-electron chi connectivity index (χ4n) is 2.98. The van der Waals surface area contributed by atoms with Gasteiger partial charge in [0, 0.05) is 6.54 Å². The van der Waals surface area contributed by atoms with Crippen LogP contribution in [0.5, 0.6) is 0 Å².